The standard InChI is InChI=1S/C20H17F4N3O2/c1-26(10-14-7-8-25-27(14)2)20(28)13-5-3-12(4-6-13)11-29-19-17(23)15(21)9-16(22)18(19)24/h3-9H,10-11H2,1-2H3. The maximum absolute atomic E-state index is 13.6. The molecule has 29 heavy (non-hydrogen) atoms. The van der Waals surface area contributed by atoms with Gasteiger partial charge in [0, 0.05) is 31.9 Å². The summed E-state index contributed by atoms with van der Waals surface area (Å²) in [7, 11) is 3.43. The topological polar surface area (TPSA) is 47.4 Å². The Hall–Kier alpha value is -3.36. The van der Waals surface area contributed by atoms with E-state index in [4.69, 9.17) is 4.74 Å². The molecule has 0 saturated heterocycles. The molecule has 0 fully saturated rings. The number of halogens is 4. The van der Waals surface area contributed by atoms with Gasteiger partial charge in [-0.05, 0) is 23.8 Å². The molecule has 2 aromatic carbocycles. The molecule has 0 spiro atoms. The number of hydrogen-bond donors (Lipinski definition) is 0. The van der Waals surface area contributed by atoms with Crippen LogP contribution in [0.15, 0.2) is 42.6 Å². The number of carbonyl (C=O) groups excluding carboxylic acids is 1. The summed E-state index contributed by atoms with van der Waals surface area (Å²) in [6.45, 7) is 0.0277. The van der Waals surface area contributed by atoms with Crippen molar-refractivity contribution < 1.29 is 27.1 Å². The summed E-state index contributed by atoms with van der Waals surface area (Å²) in [5.41, 5.74) is 1.71. The Morgan fingerprint density at radius 2 is 1.69 bits per heavy atom. The monoisotopic (exact) mass is 407 g/mol. The third-order valence-corrected chi connectivity index (χ3v) is 4.32. The molecule has 0 saturated carbocycles. The lowest BCUT2D eigenvalue weighted by molar-refractivity contribution is 0.0782. The quantitative estimate of drug-likeness (QED) is 0.461. The molecule has 3 aromatic rings. The van der Waals surface area contributed by atoms with Gasteiger partial charge in [0.05, 0.1) is 12.2 Å². The van der Waals surface area contributed by atoms with Crippen molar-refractivity contribution in [2.24, 2.45) is 7.05 Å². The minimum absolute atomic E-state index is 0.111. The minimum atomic E-state index is -1.60. The van der Waals surface area contributed by atoms with E-state index >= 15 is 0 Å². The van der Waals surface area contributed by atoms with Gasteiger partial charge in [0.15, 0.2) is 17.4 Å². The van der Waals surface area contributed by atoms with Gasteiger partial charge in [-0.3, -0.25) is 9.48 Å². The molecule has 0 aliphatic carbocycles. The second-order valence-corrected chi connectivity index (χ2v) is 6.39. The number of rotatable bonds is 6. The van der Waals surface area contributed by atoms with Crippen LogP contribution in [0, 0.1) is 23.3 Å². The fraction of sp³-hybridized carbons (Fsp3) is 0.200. The molecule has 3 rings (SSSR count). The number of carbonyl (C=O) groups is 1. The van der Waals surface area contributed by atoms with E-state index in [-0.39, 0.29) is 18.6 Å². The van der Waals surface area contributed by atoms with Gasteiger partial charge >= 0.3 is 0 Å². The average Bonchev–Trinajstić information content (AvgIpc) is 3.10. The molecular formula is C20H17F4N3O2. The van der Waals surface area contributed by atoms with Crippen LogP contribution in [0.3, 0.4) is 0 Å². The fourth-order valence-electron chi connectivity index (χ4n) is 2.67. The molecule has 0 radical (unpaired) electrons. The third kappa shape index (κ3) is 4.39. The molecule has 0 atom stereocenters. The van der Waals surface area contributed by atoms with Crippen molar-refractivity contribution in [3.63, 3.8) is 0 Å². The molecule has 1 aromatic heterocycles. The second kappa shape index (κ2) is 8.34. The molecule has 0 unspecified atom stereocenters. The van der Waals surface area contributed by atoms with Gasteiger partial charge in [0.1, 0.15) is 6.61 Å². The third-order valence-electron chi connectivity index (χ3n) is 4.32. The Bertz CT molecular complexity index is 1010. The van der Waals surface area contributed by atoms with Crippen LogP contribution in [0.5, 0.6) is 5.75 Å². The first-order valence-corrected chi connectivity index (χ1v) is 8.55. The largest absolute Gasteiger partial charge is 0.483 e. The van der Waals surface area contributed by atoms with Crippen LogP contribution in [-0.2, 0) is 20.2 Å². The van der Waals surface area contributed by atoms with E-state index in [9.17, 15) is 22.4 Å². The van der Waals surface area contributed by atoms with Gasteiger partial charge in [0.2, 0.25) is 11.6 Å². The van der Waals surface area contributed by atoms with E-state index in [1.165, 1.54) is 29.2 Å². The van der Waals surface area contributed by atoms with Crippen LogP contribution in [0.25, 0.3) is 0 Å². The maximum atomic E-state index is 13.6. The van der Waals surface area contributed by atoms with Crippen molar-refractivity contribution in [1.29, 1.82) is 0 Å². The molecular weight excluding hydrogens is 390 g/mol. The van der Waals surface area contributed by atoms with E-state index < -0.39 is 29.0 Å². The Morgan fingerprint density at radius 3 is 2.24 bits per heavy atom. The van der Waals surface area contributed by atoms with Gasteiger partial charge in [0.25, 0.3) is 5.91 Å². The van der Waals surface area contributed by atoms with Crippen molar-refractivity contribution in [2.75, 3.05) is 7.05 Å². The summed E-state index contributed by atoms with van der Waals surface area (Å²) in [6.07, 6.45) is 1.64. The minimum Gasteiger partial charge on any atom is -0.483 e. The SMILES string of the molecule is CN(Cc1ccnn1C)C(=O)c1ccc(COc2c(F)c(F)cc(F)c2F)cc1. The predicted octanol–water partition coefficient (Wildman–Crippen LogP) is 3.83. The Labute approximate surface area is 164 Å². The van der Waals surface area contributed by atoms with Crippen molar-refractivity contribution >= 4 is 5.91 Å². The number of benzene rings is 2. The summed E-state index contributed by atoms with van der Waals surface area (Å²) < 4.78 is 60.3. The molecule has 152 valence electrons. The van der Waals surface area contributed by atoms with Crippen molar-refractivity contribution in [3.8, 4) is 5.75 Å². The molecule has 0 N–H and O–H groups in total. The average molecular weight is 407 g/mol. The number of aromatic nitrogens is 2. The number of amides is 1. The van der Waals surface area contributed by atoms with Gasteiger partial charge in [-0.2, -0.15) is 13.9 Å². The lowest BCUT2D eigenvalue weighted by Gasteiger charge is -2.17. The molecule has 1 heterocycles. The zero-order chi connectivity index (χ0) is 21.1. The molecule has 9 heteroatoms. The Kier molecular flexibility index (Phi) is 5.86. The Balaban J connectivity index is 1.66. The lowest BCUT2D eigenvalue weighted by atomic mass is 10.1. The van der Waals surface area contributed by atoms with E-state index in [2.05, 4.69) is 5.10 Å². The first kappa shape index (κ1) is 20.4. The summed E-state index contributed by atoms with van der Waals surface area (Å²) in [5, 5.41) is 4.05. The van der Waals surface area contributed by atoms with Crippen LogP contribution < -0.4 is 4.74 Å². The van der Waals surface area contributed by atoms with Crippen LogP contribution in [-0.4, -0.2) is 27.6 Å². The van der Waals surface area contributed by atoms with Crippen LogP contribution in [0.4, 0.5) is 17.6 Å². The number of hydrogen-bond acceptors (Lipinski definition) is 3. The van der Waals surface area contributed by atoms with Gasteiger partial charge in [-0.1, -0.05) is 12.1 Å². The van der Waals surface area contributed by atoms with E-state index in [0.29, 0.717) is 17.7 Å². The highest BCUT2D eigenvalue weighted by Gasteiger charge is 2.20. The smallest absolute Gasteiger partial charge is 0.253 e. The fourth-order valence-corrected chi connectivity index (χ4v) is 2.67. The lowest BCUT2D eigenvalue weighted by Crippen LogP contribution is -2.27. The normalized spacial score (nSPS) is 10.8. The first-order chi connectivity index (χ1) is 13.8. The molecule has 0 aliphatic rings. The summed E-state index contributed by atoms with van der Waals surface area (Å²) in [4.78, 5) is 14.0. The highest BCUT2D eigenvalue weighted by atomic mass is 19.2. The van der Waals surface area contributed by atoms with Gasteiger partial charge < -0.3 is 9.64 Å². The van der Waals surface area contributed by atoms with Crippen LogP contribution in [0.1, 0.15) is 21.6 Å². The van der Waals surface area contributed by atoms with Crippen LogP contribution in [0.2, 0.25) is 0 Å². The highest BCUT2D eigenvalue weighted by Crippen LogP contribution is 2.27. The number of aryl methyl sites for hydroxylation is 1. The van der Waals surface area contributed by atoms with Crippen molar-refractivity contribution in [1.82, 2.24) is 14.7 Å². The summed E-state index contributed by atoms with van der Waals surface area (Å²) in [6, 6.07) is 8.02. The first-order valence-electron chi connectivity index (χ1n) is 8.55. The Morgan fingerprint density at radius 1 is 1.07 bits per heavy atom. The summed E-state index contributed by atoms with van der Waals surface area (Å²) >= 11 is 0. The number of nitrogens with zero attached hydrogens (tertiary/aromatic N) is 3. The van der Waals surface area contributed by atoms with Crippen molar-refractivity contribution in [2.45, 2.75) is 13.2 Å². The second-order valence-electron chi connectivity index (χ2n) is 6.39. The molecule has 1 amide bonds. The molecule has 5 nitrogen and oxygen atoms in total. The van der Waals surface area contributed by atoms with Crippen molar-refractivity contribution in [3.05, 3.63) is 82.7 Å². The highest BCUT2D eigenvalue weighted by molar-refractivity contribution is 5.94. The number of ether oxygens (including phenoxy) is 1. The van der Waals surface area contributed by atoms with Gasteiger partial charge in [-0.15, -0.1) is 0 Å². The zero-order valence-corrected chi connectivity index (χ0v) is 15.6. The predicted molar refractivity (Wildman–Crippen MR) is 96.1 cm³/mol. The van der Waals surface area contributed by atoms with E-state index in [1.807, 2.05) is 0 Å². The maximum Gasteiger partial charge on any atom is 0.253 e. The van der Waals surface area contributed by atoms with Gasteiger partial charge in [-0.25, -0.2) is 8.78 Å². The zero-order valence-electron chi connectivity index (χ0n) is 15.6. The van der Waals surface area contributed by atoms with E-state index in [1.54, 1.807) is 31.0 Å². The van der Waals surface area contributed by atoms with Crippen LogP contribution >= 0.6 is 0 Å². The molecule has 0 bridgehead atoms. The van der Waals surface area contributed by atoms with E-state index in [0.717, 1.165) is 5.69 Å². The summed E-state index contributed by atoms with van der Waals surface area (Å²) in [5.74, 6) is -7.66. The molecule has 0 aliphatic heterocycles.